The quantitative estimate of drug-likeness (QED) is 0.104. The highest BCUT2D eigenvalue weighted by atomic mass is 16.7. The molecule has 0 N–H and O–H groups in total. The lowest BCUT2D eigenvalue weighted by Gasteiger charge is -2.07. The lowest BCUT2D eigenvalue weighted by molar-refractivity contribution is -0.131. The minimum absolute atomic E-state index is 0.370. The average molecular weight is 415 g/mol. The summed E-state index contributed by atoms with van der Waals surface area (Å²) >= 11 is 0. The van der Waals surface area contributed by atoms with Crippen LogP contribution in [-0.4, -0.2) is 26.8 Å². The zero-order chi connectivity index (χ0) is 21.1. The molecule has 0 unspecified atom stereocenters. The zero-order valence-corrected chi connectivity index (χ0v) is 20.2. The van der Waals surface area contributed by atoms with E-state index in [4.69, 9.17) is 14.2 Å². The summed E-state index contributed by atoms with van der Waals surface area (Å²) in [6.07, 6.45) is 27.2. The van der Waals surface area contributed by atoms with Crippen LogP contribution in [0.1, 0.15) is 142 Å². The Morgan fingerprint density at radius 1 is 0.310 bits per heavy atom. The van der Waals surface area contributed by atoms with E-state index in [0.717, 1.165) is 26.1 Å². The van der Waals surface area contributed by atoms with Crippen LogP contribution in [0.3, 0.4) is 0 Å². The molecule has 0 fully saturated rings. The van der Waals surface area contributed by atoms with E-state index in [1.165, 1.54) is 116 Å². The van der Waals surface area contributed by atoms with Gasteiger partial charge in [-0.05, 0) is 12.8 Å². The molecule has 0 heterocycles. The molecule has 0 saturated heterocycles. The molecular formula is C26H54O3. The van der Waals surface area contributed by atoms with Gasteiger partial charge in [-0.2, -0.15) is 0 Å². The smallest absolute Gasteiger partial charge is 0.149 e. The highest BCUT2D eigenvalue weighted by molar-refractivity contribution is 4.48. The van der Waals surface area contributed by atoms with Crippen LogP contribution in [0.4, 0.5) is 0 Å². The fourth-order valence-corrected chi connectivity index (χ4v) is 3.65. The molecule has 29 heavy (non-hydrogen) atoms. The fourth-order valence-electron chi connectivity index (χ4n) is 3.65. The molecule has 3 heteroatoms. The largest absolute Gasteiger partial charge is 0.355 e. The second kappa shape index (κ2) is 27.9. The first-order valence-corrected chi connectivity index (χ1v) is 13.1. The van der Waals surface area contributed by atoms with Gasteiger partial charge in [0, 0.05) is 13.2 Å². The zero-order valence-electron chi connectivity index (χ0n) is 20.2. The SMILES string of the molecule is CCCCCCCCCCCCOCOCOCCCCCCCCCCCC. The molecule has 0 aliphatic rings. The molecule has 0 saturated carbocycles. The summed E-state index contributed by atoms with van der Waals surface area (Å²) in [6.45, 7) is 6.92. The van der Waals surface area contributed by atoms with Gasteiger partial charge in [-0.25, -0.2) is 0 Å². The summed E-state index contributed by atoms with van der Waals surface area (Å²) in [6, 6.07) is 0. The van der Waals surface area contributed by atoms with Gasteiger partial charge >= 0.3 is 0 Å². The van der Waals surface area contributed by atoms with Crippen molar-refractivity contribution in [3.63, 3.8) is 0 Å². The van der Waals surface area contributed by atoms with Gasteiger partial charge in [-0.3, -0.25) is 0 Å². The third kappa shape index (κ3) is 27.9. The van der Waals surface area contributed by atoms with Crippen LogP contribution in [-0.2, 0) is 14.2 Å². The minimum atomic E-state index is 0.370. The molecule has 3 nitrogen and oxygen atoms in total. The van der Waals surface area contributed by atoms with Crippen LogP contribution >= 0.6 is 0 Å². The van der Waals surface area contributed by atoms with Gasteiger partial charge in [-0.15, -0.1) is 0 Å². The lowest BCUT2D eigenvalue weighted by atomic mass is 10.1. The van der Waals surface area contributed by atoms with Gasteiger partial charge in [0.1, 0.15) is 13.6 Å². The summed E-state index contributed by atoms with van der Waals surface area (Å²) in [5, 5.41) is 0. The summed E-state index contributed by atoms with van der Waals surface area (Å²) in [5.41, 5.74) is 0. The highest BCUT2D eigenvalue weighted by Gasteiger charge is 1.95. The van der Waals surface area contributed by atoms with Crippen LogP contribution in [0.15, 0.2) is 0 Å². The second-order valence-corrected chi connectivity index (χ2v) is 8.62. The van der Waals surface area contributed by atoms with Crippen LogP contribution in [0.2, 0.25) is 0 Å². The molecule has 0 aromatic carbocycles. The van der Waals surface area contributed by atoms with Gasteiger partial charge < -0.3 is 14.2 Å². The number of ether oxygens (including phenoxy) is 3. The molecular weight excluding hydrogens is 360 g/mol. The predicted molar refractivity (Wildman–Crippen MR) is 126 cm³/mol. The number of rotatable bonds is 26. The van der Waals surface area contributed by atoms with Crippen LogP contribution in [0.25, 0.3) is 0 Å². The van der Waals surface area contributed by atoms with Crippen LogP contribution < -0.4 is 0 Å². The van der Waals surface area contributed by atoms with Crippen molar-refractivity contribution in [2.45, 2.75) is 142 Å². The van der Waals surface area contributed by atoms with Crippen molar-refractivity contribution in [1.29, 1.82) is 0 Å². The van der Waals surface area contributed by atoms with Crippen molar-refractivity contribution in [2.75, 3.05) is 26.8 Å². The average Bonchev–Trinajstić information content (AvgIpc) is 2.74. The Morgan fingerprint density at radius 2 is 0.586 bits per heavy atom. The fraction of sp³-hybridized carbons (Fsp3) is 1.00. The Kier molecular flexibility index (Phi) is 27.8. The number of hydrogen-bond acceptors (Lipinski definition) is 3. The Balaban J connectivity index is 2.97. The van der Waals surface area contributed by atoms with Crippen molar-refractivity contribution in [3.8, 4) is 0 Å². The molecule has 176 valence electrons. The van der Waals surface area contributed by atoms with E-state index in [1.54, 1.807) is 0 Å². The number of unbranched alkanes of at least 4 members (excludes halogenated alkanes) is 18. The number of hydrogen-bond donors (Lipinski definition) is 0. The first-order valence-electron chi connectivity index (χ1n) is 13.1. The molecule has 0 aliphatic heterocycles. The molecule has 0 rings (SSSR count). The van der Waals surface area contributed by atoms with E-state index in [1.807, 2.05) is 0 Å². The summed E-state index contributed by atoms with van der Waals surface area (Å²) in [7, 11) is 0. The van der Waals surface area contributed by atoms with Crippen molar-refractivity contribution < 1.29 is 14.2 Å². The molecule has 0 bridgehead atoms. The lowest BCUT2D eigenvalue weighted by Crippen LogP contribution is -2.06. The summed E-state index contributed by atoms with van der Waals surface area (Å²) in [5.74, 6) is 0. The van der Waals surface area contributed by atoms with E-state index >= 15 is 0 Å². The van der Waals surface area contributed by atoms with Crippen molar-refractivity contribution in [3.05, 3.63) is 0 Å². The maximum atomic E-state index is 5.51. The van der Waals surface area contributed by atoms with E-state index in [0.29, 0.717) is 13.6 Å². The molecule has 0 radical (unpaired) electrons. The Morgan fingerprint density at radius 3 is 0.897 bits per heavy atom. The van der Waals surface area contributed by atoms with Crippen LogP contribution in [0, 0.1) is 0 Å². The van der Waals surface area contributed by atoms with Gasteiger partial charge in [-0.1, -0.05) is 129 Å². The summed E-state index contributed by atoms with van der Waals surface area (Å²) < 4.78 is 16.4. The minimum Gasteiger partial charge on any atom is -0.355 e. The Hall–Kier alpha value is -0.120. The summed E-state index contributed by atoms with van der Waals surface area (Å²) in [4.78, 5) is 0. The van der Waals surface area contributed by atoms with Crippen molar-refractivity contribution in [1.82, 2.24) is 0 Å². The highest BCUT2D eigenvalue weighted by Crippen LogP contribution is 2.11. The standard InChI is InChI=1S/C26H54O3/c1-3-5-7-9-11-13-15-17-19-21-23-27-25-29-26-28-24-22-20-18-16-14-12-10-8-6-4-2/h3-26H2,1-2H3. The van der Waals surface area contributed by atoms with Gasteiger partial charge in [0.25, 0.3) is 0 Å². The van der Waals surface area contributed by atoms with Gasteiger partial charge in [0.2, 0.25) is 0 Å². The third-order valence-corrected chi connectivity index (χ3v) is 5.62. The van der Waals surface area contributed by atoms with E-state index in [9.17, 15) is 0 Å². The Bertz CT molecular complexity index is 245. The van der Waals surface area contributed by atoms with Crippen molar-refractivity contribution in [2.24, 2.45) is 0 Å². The molecule has 0 amide bonds. The van der Waals surface area contributed by atoms with Gasteiger partial charge in [0.05, 0.1) is 0 Å². The topological polar surface area (TPSA) is 27.7 Å². The second-order valence-electron chi connectivity index (χ2n) is 8.62. The molecule has 0 aromatic heterocycles. The maximum absolute atomic E-state index is 5.51. The monoisotopic (exact) mass is 414 g/mol. The maximum Gasteiger partial charge on any atom is 0.149 e. The van der Waals surface area contributed by atoms with Crippen LogP contribution in [0.5, 0.6) is 0 Å². The first kappa shape index (κ1) is 28.9. The molecule has 0 atom stereocenters. The molecule has 0 aliphatic carbocycles. The molecule has 0 spiro atoms. The normalized spacial score (nSPS) is 11.4. The third-order valence-electron chi connectivity index (χ3n) is 5.62. The van der Waals surface area contributed by atoms with Crippen molar-refractivity contribution >= 4 is 0 Å². The predicted octanol–water partition coefficient (Wildman–Crippen LogP) is 8.79. The first-order chi connectivity index (χ1) is 14.4. The van der Waals surface area contributed by atoms with E-state index < -0.39 is 0 Å². The Labute approximate surface area is 183 Å². The van der Waals surface area contributed by atoms with E-state index in [-0.39, 0.29) is 0 Å². The molecule has 0 aromatic rings. The van der Waals surface area contributed by atoms with E-state index in [2.05, 4.69) is 13.8 Å². The van der Waals surface area contributed by atoms with Gasteiger partial charge in [0.15, 0.2) is 0 Å².